The summed E-state index contributed by atoms with van der Waals surface area (Å²) in [5, 5.41) is 23.8. The molecule has 2 aromatic rings. The minimum Gasteiger partial charge on any atom is -0.483 e. The van der Waals surface area contributed by atoms with Gasteiger partial charge in [0.25, 0.3) is 5.91 Å². The lowest BCUT2D eigenvalue weighted by Crippen LogP contribution is -2.34. The van der Waals surface area contributed by atoms with Gasteiger partial charge in [-0.05, 0) is 79.0 Å². The molecule has 5 atom stereocenters. The number of aliphatic hydroxyl groups is 2. The van der Waals surface area contributed by atoms with E-state index in [0.29, 0.717) is 17.6 Å². The van der Waals surface area contributed by atoms with Gasteiger partial charge in [0.05, 0.1) is 12.2 Å². The second-order valence-electron chi connectivity index (χ2n) is 11.1. The van der Waals surface area contributed by atoms with Gasteiger partial charge in [-0.2, -0.15) is 0 Å². The molecule has 0 bridgehead atoms. The first kappa shape index (κ1) is 32.6. The fraction of sp³-hybridized carbons (Fsp3) is 0.588. The molecular formula is C34H49NO6. The first-order valence-electron chi connectivity index (χ1n) is 15.5. The van der Waals surface area contributed by atoms with Gasteiger partial charge in [0.15, 0.2) is 6.61 Å². The molecule has 0 aliphatic heterocycles. The van der Waals surface area contributed by atoms with Gasteiger partial charge < -0.3 is 25.0 Å². The summed E-state index contributed by atoms with van der Waals surface area (Å²) in [5.74, 6) is 0.784. The molecule has 7 nitrogen and oxygen atoms in total. The first-order chi connectivity index (χ1) is 19.9. The molecule has 0 spiro atoms. The Bertz CT molecular complexity index is 1070. The summed E-state index contributed by atoms with van der Waals surface area (Å²) in [7, 11) is 0. The highest BCUT2D eigenvalue weighted by atomic mass is 16.5. The maximum atomic E-state index is 12.3. The Morgan fingerprint density at radius 3 is 2.56 bits per heavy atom. The number of fused-ring (bicyclic) bond motifs is 2. The molecule has 0 heterocycles. The maximum absolute atomic E-state index is 12.3. The Balaban J connectivity index is 0.00000226. The number of amides is 1. The van der Waals surface area contributed by atoms with E-state index in [-0.39, 0.29) is 43.8 Å². The van der Waals surface area contributed by atoms with Gasteiger partial charge in [-0.3, -0.25) is 9.59 Å². The predicted molar refractivity (Wildman–Crippen MR) is 160 cm³/mol. The lowest BCUT2D eigenvalue weighted by Gasteiger charge is -2.32. The summed E-state index contributed by atoms with van der Waals surface area (Å²) in [6, 6.07) is 15.3. The number of carbonyl (C=O) groups excluding carboxylic acids is 2. The summed E-state index contributed by atoms with van der Waals surface area (Å²) in [5.41, 5.74) is 3.21. The van der Waals surface area contributed by atoms with E-state index in [0.717, 1.165) is 68.9 Å². The summed E-state index contributed by atoms with van der Waals surface area (Å²) in [6.45, 7) is 5.94. The molecule has 1 amide bonds. The minimum atomic E-state index is -0.502. The number of esters is 1. The zero-order chi connectivity index (χ0) is 29.6. The van der Waals surface area contributed by atoms with Crippen molar-refractivity contribution in [1.29, 1.82) is 0 Å². The zero-order valence-corrected chi connectivity index (χ0v) is 25.0. The Kier molecular flexibility index (Phi) is 13.6. The van der Waals surface area contributed by atoms with Crippen LogP contribution in [-0.2, 0) is 33.8 Å². The number of carbonyl (C=O) groups is 2. The maximum Gasteiger partial charge on any atom is 0.325 e. The van der Waals surface area contributed by atoms with Crippen LogP contribution in [0.1, 0.15) is 82.4 Å². The molecule has 4 rings (SSSR count). The van der Waals surface area contributed by atoms with E-state index >= 15 is 0 Å². The Morgan fingerprint density at radius 1 is 1.02 bits per heavy atom. The van der Waals surface area contributed by atoms with Crippen molar-refractivity contribution in [3.8, 4) is 5.75 Å². The van der Waals surface area contributed by atoms with Crippen molar-refractivity contribution in [3.05, 3.63) is 65.2 Å². The predicted octanol–water partition coefficient (Wildman–Crippen LogP) is 5.38. The molecule has 1 fully saturated rings. The molecule has 2 aromatic carbocycles. The van der Waals surface area contributed by atoms with E-state index in [1.807, 2.05) is 56.3 Å². The highest BCUT2D eigenvalue weighted by Crippen LogP contribution is 2.48. The van der Waals surface area contributed by atoms with Crippen LogP contribution in [0.15, 0.2) is 48.5 Å². The van der Waals surface area contributed by atoms with Crippen LogP contribution in [0.5, 0.6) is 5.75 Å². The second kappa shape index (κ2) is 17.1. The third kappa shape index (κ3) is 9.86. The molecule has 3 N–H and O–H groups in total. The van der Waals surface area contributed by atoms with Crippen LogP contribution < -0.4 is 10.1 Å². The third-order valence-electron chi connectivity index (χ3n) is 8.35. The van der Waals surface area contributed by atoms with E-state index in [1.165, 1.54) is 5.56 Å². The normalized spacial score (nSPS) is 21.5. The van der Waals surface area contributed by atoms with Crippen molar-refractivity contribution in [2.75, 3.05) is 13.2 Å². The number of benzene rings is 2. The molecule has 226 valence electrons. The fourth-order valence-electron chi connectivity index (χ4n) is 6.25. The molecule has 0 saturated heterocycles. The summed E-state index contributed by atoms with van der Waals surface area (Å²) in [6.07, 6.45) is 7.65. The van der Waals surface area contributed by atoms with Crippen molar-refractivity contribution in [2.45, 2.75) is 97.4 Å². The van der Waals surface area contributed by atoms with E-state index in [9.17, 15) is 19.8 Å². The van der Waals surface area contributed by atoms with Gasteiger partial charge in [-0.15, -0.1) is 0 Å². The average molecular weight is 568 g/mol. The Morgan fingerprint density at radius 2 is 1.80 bits per heavy atom. The van der Waals surface area contributed by atoms with Crippen molar-refractivity contribution in [3.63, 3.8) is 0 Å². The van der Waals surface area contributed by atoms with E-state index < -0.39 is 5.97 Å². The van der Waals surface area contributed by atoms with Crippen LogP contribution in [-0.4, -0.2) is 47.4 Å². The fourth-order valence-corrected chi connectivity index (χ4v) is 6.25. The lowest BCUT2D eigenvalue weighted by atomic mass is 9.73. The van der Waals surface area contributed by atoms with Crippen LogP contribution in [0.3, 0.4) is 0 Å². The zero-order valence-electron chi connectivity index (χ0n) is 25.0. The number of nitrogens with one attached hydrogen (secondary N) is 1. The monoisotopic (exact) mass is 567 g/mol. The van der Waals surface area contributed by atoms with Crippen molar-refractivity contribution in [1.82, 2.24) is 5.32 Å². The average Bonchev–Trinajstić information content (AvgIpc) is 3.30. The van der Waals surface area contributed by atoms with Gasteiger partial charge in [-0.1, -0.05) is 82.5 Å². The largest absolute Gasteiger partial charge is 0.483 e. The molecule has 1 saturated carbocycles. The Labute approximate surface area is 245 Å². The van der Waals surface area contributed by atoms with Crippen molar-refractivity contribution >= 4 is 11.9 Å². The quantitative estimate of drug-likeness (QED) is 0.209. The van der Waals surface area contributed by atoms with Crippen LogP contribution in [0.2, 0.25) is 0 Å². The number of ether oxygens (including phenoxy) is 2. The van der Waals surface area contributed by atoms with E-state index in [2.05, 4.69) is 18.3 Å². The molecule has 41 heavy (non-hydrogen) atoms. The Hall–Kier alpha value is -2.90. The van der Waals surface area contributed by atoms with Gasteiger partial charge in [0.1, 0.15) is 18.9 Å². The number of unbranched alkanes of at least 4 members (excludes halogenated alkanes) is 2. The molecule has 2 aliphatic carbocycles. The van der Waals surface area contributed by atoms with Crippen LogP contribution in [0.4, 0.5) is 0 Å². The topological polar surface area (TPSA) is 105 Å². The van der Waals surface area contributed by atoms with E-state index in [1.54, 1.807) is 0 Å². The molecule has 7 heteroatoms. The summed E-state index contributed by atoms with van der Waals surface area (Å²) < 4.78 is 11.1. The summed E-state index contributed by atoms with van der Waals surface area (Å²) >= 11 is 0. The van der Waals surface area contributed by atoms with Gasteiger partial charge in [0, 0.05) is 0 Å². The number of aliphatic hydroxyl groups excluding tert-OH is 2. The van der Waals surface area contributed by atoms with Crippen LogP contribution in [0.25, 0.3) is 0 Å². The lowest BCUT2D eigenvalue weighted by molar-refractivity contribution is -0.145. The number of hydrogen-bond acceptors (Lipinski definition) is 6. The standard InChI is InChI=1S/C32H43NO6.C2H6/c1-2-3-5-12-25(34)14-15-26-27-16-23-11-8-13-30(28(23)17-24(27)18-29(26)35)38-21-31(36)33-19-32(37)39-20-22-9-6-4-7-10-22;1-2/h4,6-11,13,24-27,29,34-35H,2-3,5,12,14-21H2,1H3,(H,33,36);1-2H3/t24?,25?,26?,27?,29-;/m1./s1. The molecular weight excluding hydrogens is 518 g/mol. The van der Waals surface area contributed by atoms with Gasteiger partial charge in [-0.25, -0.2) is 0 Å². The number of rotatable bonds is 14. The third-order valence-corrected chi connectivity index (χ3v) is 8.35. The molecule has 0 aromatic heterocycles. The van der Waals surface area contributed by atoms with Gasteiger partial charge >= 0.3 is 5.97 Å². The summed E-state index contributed by atoms with van der Waals surface area (Å²) in [4.78, 5) is 24.3. The van der Waals surface area contributed by atoms with Crippen LogP contribution >= 0.6 is 0 Å². The minimum absolute atomic E-state index is 0.166. The van der Waals surface area contributed by atoms with Gasteiger partial charge in [0.2, 0.25) is 0 Å². The van der Waals surface area contributed by atoms with Crippen molar-refractivity contribution in [2.24, 2.45) is 17.8 Å². The SMILES string of the molecule is CC.CCCCCC(O)CCC1C2Cc3cccc(OCC(=O)NCC(=O)OCc4ccccc4)c3CC2C[C@H]1O. The number of hydrogen-bond donors (Lipinski definition) is 3. The van der Waals surface area contributed by atoms with E-state index in [4.69, 9.17) is 9.47 Å². The molecule has 0 radical (unpaired) electrons. The first-order valence-corrected chi connectivity index (χ1v) is 15.5. The smallest absolute Gasteiger partial charge is 0.325 e. The van der Waals surface area contributed by atoms with Crippen molar-refractivity contribution < 1.29 is 29.3 Å². The molecule has 4 unspecified atom stereocenters. The second-order valence-corrected chi connectivity index (χ2v) is 11.1. The van der Waals surface area contributed by atoms with Crippen LogP contribution in [0, 0.1) is 17.8 Å². The highest BCUT2D eigenvalue weighted by molar-refractivity contribution is 5.82. The highest BCUT2D eigenvalue weighted by Gasteiger charge is 2.44. The molecule has 2 aliphatic rings.